The Kier molecular flexibility index (Phi) is 6.38. The summed E-state index contributed by atoms with van der Waals surface area (Å²) in [5.41, 5.74) is -1.08. The summed E-state index contributed by atoms with van der Waals surface area (Å²) in [6, 6.07) is 16.4. The van der Waals surface area contributed by atoms with Crippen molar-refractivity contribution >= 4 is 5.97 Å². The van der Waals surface area contributed by atoms with E-state index in [-0.39, 0.29) is 42.1 Å². The van der Waals surface area contributed by atoms with Gasteiger partial charge in [0.15, 0.2) is 0 Å². The summed E-state index contributed by atoms with van der Waals surface area (Å²) >= 11 is 0. The quantitative estimate of drug-likeness (QED) is 0.514. The third kappa shape index (κ3) is 4.64. The normalized spacial score (nSPS) is 19.8. The fourth-order valence-electron chi connectivity index (χ4n) is 4.07. The average molecular weight is 472 g/mol. The predicted molar refractivity (Wildman–Crippen MR) is 118 cm³/mol. The fraction of sp³-hybridized carbons (Fsp3) is 0.269. The molecule has 0 fully saturated rings. The first-order chi connectivity index (χ1) is 16.1. The standard InChI is InChI=1S/C26H23F3O5/c1-2-33-24(31)19-11-9-18(26(27,28)29)13-21(19)17-8-10-20-22(12-17)34-15-25(32,23(20)30)14-16-6-4-3-5-7-16/h3-13,23,30,32H,2,14-15H2,1H3. The van der Waals surface area contributed by atoms with E-state index in [1.807, 2.05) is 30.3 Å². The highest BCUT2D eigenvalue weighted by atomic mass is 19.4. The number of alkyl halides is 3. The minimum absolute atomic E-state index is 0.0215. The van der Waals surface area contributed by atoms with Gasteiger partial charge in [-0.25, -0.2) is 4.79 Å². The van der Waals surface area contributed by atoms with Crippen molar-refractivity contribution in [1.82, 2.24) is 0 Å². The highest BCUT2D eigenvalue weighted by Crippen LogP contribution is 2.42. The Hall–Kier alpha value is -3.36. The van der Waals surface area contributed by atoms with Crippen LogP contribution in [0, 0.1) is 0 Å². The fourth-order valence-corrected chi connectivity index (χ4v) is 4.07. The molecule has 178 valence electrons. The lowest BCUT2D eigenvalue weighted by Crippen LogP contribution is -2.47. The smallest absolute Gasteiger partial charge is 0.416 e. The zero-order chi connectivity index (χ0) is 24.5. The largest absolute Gasteiger partial charge is 0.490 e. The molecule has 2 N–H and O–H groups in total. The van der Waals surface area contributed by atoms with Gasteiger partial charge in [-0.2, -0.15) is 13.2 Å². The third-order valence-corrected chi connectivity index (χ3v) is 5.80. The first-order valence-corrected chi connectivity index (χ1v) is 10.7. The molecule has 0 aliphatic carbocycles. The van der Waals surface area contributed by atoms with Crippen LogP contribution in [0.3, 0.4) is 0 Å². The molecule has 0 saturated carbocycles. The minimum Gasteiger partial charge on any atom is -0.490 e. The molecule has 2 atom stereocenters. The maximum absolute atomic E-state index is 13.4. The van der Waals surface area contributed by atoms with Crippen LogP contribution in [0.15, 0.2) is 66.7 Å². The third-order valence-electron chi connectivity index (χ3n) is 5.80. The average Bonchev–Trinajstić information content (AvgIpc) is 2.81. The van der Waals surface area contributed by atoms with Crippen LogP contribution in [0.4, 0.5) is 13.2 Å². The number of esters is 1. The van der Waals surface area contributed by atoms with Gasteiger partial charge < -0.3 is 19.7 Å². The molecule has 4 rings (SSSR count). The van der Waals surface area contributed by atoms with Crippen molar-refractivity contribution in [2.75, 3.05) is 13.2 Å². The van der Waals surface area contributed by atoms with E-state index in [9.17, 15) is 28.2 Å². The molecule has 0 amide bonds. The lowest BCUT2D eigenvalue weighted by atomic mass is 9.83. The van der Waals surface area contributed by atoms with E-state index >= 15 is 0 Å². The van der Waals surface area contributed by atoms with E-state index in [0.29, 0.717) is 5.56 Å². The summed E-state index contributed by atoms with van der Waals surface area (Å²) < 4.78 is 50.8. The second-order valence-corrected chi connectivity index (χ2v) is 8.19. The van der Waals surface area contributed by atoms with Crippen molar-refractivity contribution in [1.29, 1.82) is 0 Å². The molecule has 34 heavy (non-hydrogen) atoms. The van der Waals surface area contributed by atoms with Crippen LogP contribution < -0.4 is 4.74 Å². The number of rotatable bonds is 5. The van der Waals surface area contributed by atoms with E-state index in [4.69, 9.17) is 9.47 Å². The molecule has 1 aliphatic heterocycles. The Labute approximate surface area is 194 Å². The summed E-state index contributed by atoms with van der Waals surface area (Å²) in [4.78, 5) is 12.4. The van der Waals surface area contributed by atoms with E-state index in [0.717, 1.165) is 23.8 Å². The number of ether oxygens (including phenoxy) is 2. The second kappa shape index (κ2) is 9.12. The van der Waals surface area contributed by atoms with Crippen LogP contribution in [0.2, 0.25) is 0 Å². The SMILES string of the molecule is CCOC(=O)c1ccc(C(F)(F)F)cc1-c1ccc2c(c1)OCC(O)(Cc1ccccc1)C2O. The van der Waals surface area contributed by atoms with E-state index < -0.39 is 29.4 Å². The number of hydrogen-bond acceptors (Lipinski definition) is 5. The summed E-state index contributed by atoms with van der Waals surface area (Å²) in [6.45, 7) is 1.46. The molecule has 8 heteroatoms. The highest BCUT2D eigenvalue weighted by Gasteiger charge is 2.43. The zero-order valence-corrected chi connectivity index (χ0v) is 18.3. The monoisotopic (exact) mass is 472 g/mol. The number of benzene rings is 3. The van der Waals surface area contributed by atoms with Crippen molar-refractivity contribution in [3.05, 3.63) is 89.0 Å². The first-order valence-electron chi connectivity index (χ1n) is 10.7. The number of aliphatic hydroxyl groups is 2. The second-order valence-electron chi connectivity index (χ2n) is 8.19. The van der Waals surface area contributed by atoms with Gasteiger partial charge in [0.05, 0.1) is 17.7 Å². The van der Waals surface area contributed by atoms with Gasteiger partial charge in [-0.1, -0.05) is 42.5 Å². The van der Waals surface area contributed by atoms with Crippen LogP contribution in [-0.2, 0) is 17.3 Å². The summed E-state index contributed by atoms with van der Waals surface area (Å²) in [7, 11) is 0. The van der Waals surface area contributed by atoms with Gasteiger partial charge in [0.2, 0.25) is 0 Å². The van der Waals surface area contributed by atoms with Crippen molar-refractivity contribution in [3.8, 4) is 16.9 Å². The van der Waals surface area contributed by atoms with E-state index in [1.165, 1.54) is 18.2 Å². The number of carbonyl (C=O) groups excluding carboxylic acids is 1. The summed E-state index contributed by atoms with van der Waals surface area (Å²) in [5.74, 6) is -0.530. The Morgan fingerprint density at radius 1 is 1.12 bits per heavy atom. The van der Waals surface area contributed by atoms with Gasteiger partial charge in [0.1, 0.15) is 24.1 Å². The van der Waals surface area contributed by atoms with E-state index in [1.54, 1.807) is 6.92 Å². The van der Waals surface area contributed by atoms with Crippen LogP contribution in [0.1, 0.15) is 40.1 Å². The van der Waals surface area contributed by atoms with Gasteiger partial charge in [0.25, 0.3) is 0 Å². The molecule has 3 aromatic rings. The van der Waals surface area contributed by atoms with Gasteiger partial charge >= 0.3 is 12.1 Å². The topological polar surface area (TPSA) is 76.0 Å². The Morgan fingerprint density at radius 2 is 1.85 bits per heavy atom. The zero-order valence-electron chi connectivity index (χ0n) is 18.3. The molecule has 5 nitrogen and oxygen atoms in total. The molecule has 2 unspecified atom stereocenters. The molecule has 0 bridgehead atoms. The summed E-state index contributed by atoms with van der Waals surface area (Å²) in [5, 5.41) is 22.0. The molecular formula is C26H23F3O5. The maximum atomic E-state index is 13.4. The van der Waals surface area contributed by atoms with Crippen molar-refractivity contribution in [2.24, 2.45) is 0 Å². The molecule has 0 saturated heterocycles. The molecular weight excluding hydrogens is 449 g/mol. The van der Waals surface area contributed by atoms with Crippen LogP contribution in [0.5, 0.6) is 5.75 Å². The van der Waals surface area contributed by atoms with Crippen molar-refractivity contribution in [3.63, 3.8) is 0 Å². The van der Waals surface area contributed by atoms with Gasteiger partial charge in [-0.05, 0) is 47.9 Å². The number of halogens is 3. The van der Waals surface area contributed by atoms with Gasteiger partial charge in [-0.15, -0.1) is 0 Å². The Balaban J connectivity index is 1.72. The Morgan fingerprint density at radius 3 is 2.53 bits per heavy atom. The molecule has 0 spiro atoms. The highest BCUT2D eigenvalue weighted by molar-refractivity contribution is 5.97. The molecule has 3 aromatic carbocycles. The number of fused-ring (bicyclic) bond motifs is 1. The Bertz CT molecular complexity index is 1190. The van der Waals surface area contributed by atoms with Crippen LogP contribution in [0.25, 0.3) is 11.1 Å². The van der Waals surface area contributed by atoms with Gasteiger partial charge in [0, 0.05) is 12.0 Å². The van der Waals surface area contributed by atoms with Crippen molar-refractivity contribution < 1.29 is 37.7 Å². The molecule has 0 aromatic heterocycles. The van der Waals surface area contributed by atoms with E-state index in [2.05, 4.69) is 0 Å². The number of carbonyl (C=O) groups is 1. The van der Waals surface area contributed by atoms with Crippen molar-refractivity contribution in [2.45, 2.75) is 31.2 Å². The first kappa shape index (κ1) is 23.8. The number of hydrogen-bond donors (Lipinski definition) is 2. The van der Waals surface area contributed by atoms with Crippen LogP contribution in [-0.4, -0.2) is 35.0 Å². The summed E-state index contributed by atoms with van der Waals surface area (Å²) in [6.07, 6.45) is -5.73. The van der Waals surface area contributed by atoms with Gasteiger partial charge in [-0.3, -0.25) is 0 Å². The molecule has 0 radical (unpaired) electrons. The predicted octanol–water partition coefficient (Wildman–Crippen LogP) is 4.95. The lowest BCUT2D eigenvalue weighted by Gasteiger charge is -2.38. The lowest BCUT2D eigenvalue weighted by molar-refractivity contribution is -0.137. The number of aliphatic hydroxyl groups excluding tert-OH is 1. The van der Waals surface area contributed by atoms with Crippen LogP contribution >= 0.6 is 0 Å². The molecule has 1 aliphatic rings. The minimum atomic E-state index is -4.60. The molecule has 1 heterocycles. The maximum Gasteiger partial charge on any atom is 0.416 e.